The third kappa shape index (κ3) is 4.92. The van der Waals surface area contributed by atoms with Crippen LogP contribution in [0.5, 0.6) is 0 Å². The molecule has 0 aliphatic heterocycles. The van der Waals surface area contributed by atoms with Crippen molar-refractivity contribution in [2.75, 3.05) is 5.75 Å². The van der Waals surface area contributed by atoms with E-state index in [0.717, 1.165) is 29.4 Å². The van der Waals surface area contributed by atoms with Gasteiger partial charge in [0.15, 0.2) is 11.0 Å². The Hall–Kier alpha value is -1.82. The fraction of sp³-hybridized carbons (Fsp3) is 0.571. The molecule has 0 radical (unpaired) electrons. The molecule has 0 N–H and O–H groups in total. The lowest BCUT2D eigenvalue weighted by atomic mass is 9.75. The van der Waals surface area contributed by atoms with Crippen molar-refractivity contribution >= 4 is 17.7 Å². The zero-order valence-electron chi connectivity index (χ0n) is 16.6. The van der Waals surface area contributed by atoms with E-state index in [1.165, 1.54) is 18.2 Å². The first-order chi connectivity index (χ1) is 13.0. The van der Waals surface area contributed by atoms with Crippen LogP contribution in [0.15, 0.2) is 35.5 Å². The number of hydrogen-bond acceptors (Lipinski definition) is 5. The minimum absolute atomic E-state index is 0.0428. The zero-order valence-corrected chi connectivity index (χ0v) is 17.4. The Morgan fingerprint density at radius 1 is 1.26 bits per heavy atom. The second kappa shape index (κ2) is 8.91. The van der Waals surface area contributed by atoms with E-state index in [2.05, 4.69) is 31.0 Å². The smallest absolute Gasteiger partial charge is 0.316 e. The molecule has 6 heteroatoms. The highest BCUT2D eigenvalue weighted by molar-refractivity contribution is 7.99. The maximum Gasteiger partial charge on any atom is 0.316 e. The van der Waals surface area contributed by atoms with Crippen LogP contribution in [0.4, 0.5) is 0 Å². The lowest BCUT2D eigenvalue weighted by Crippen LogP contribution is -2.36. The van der Waals surface area contributed by atoms with Crippen LogP contribution in [0.1, 0.15) is 40.0 Å². The summed E-state index contributed by atoms with van der Waals surface area (Å²) in [6.07, 6.45) is 3.39. The number of aromatic nitrogens is 3. The predicted octanol–water partition coefficient (Wildman–Crippen LogP) is 4.58. The number of rotatable bonds is 6. The van der Waals surface area contributed by atoms with E-state index in [0.29, 0.717) is 17.8 Å². The standard InChI is InChI=1S/C21H29N3O2S/c1-14(2)17-11-10-15(3)12-18(17)26-19(25)13-27-21-23-22-20(24(21)4)16-8-6-5-7-9-16/h5-9,14-15,17-18H,10-13H2,1-4H3/t15-,17-,18-/m1/s1. The van der Waals surface area contributed by atoms with Crippen LogP contribution in [-0.2, 0) is 16.6 Å². The fourth-order valence-corrected chi connectivity index (χ4v) is 4.55. The molecule has 3 rings (SSSR count). The summed E-state index contributed by atoms with van der Waals surface area (Å²) in [4.78, 5) is 12.4. The third-order valence-electron chi connectivity index (χ3n) is 5.43. The SMILES string of the molecule is CC(C)[C@H]1CC[C@@H](C)C[C@H]1OC(=O)CSc1nnc(-c2ccccc2)n1C. The molecule has 0 spiro atoms. The summed E-state index contributed by atoms with van der Waals surface area (Å²) in [6, 6.07) is 9.93. The molecule has 0 bridgehead atoms. The summed E-state index contributed by atoms with van der Waals surface area (Å²) in [7, 11) is 1.92. The highest BCUT2D eigenvalue weighted by Crippen LogP contribution is 2.35. The lowest BCUT2D eigenvalue weighted by Gasteiger charge is -2.36. The van der Waals surface area contributed by atoms with Crippen molar-refractivity contribution in [3.63, 3.8) is 0 Å². The van der Waals surface area contributed by atoms with Crippen molar-refractivity contribution in [2.45, 2.75) is 51.3 Å². The van der Waals surface area contributed by atoms with Gasteiger partial charge >= 0.3 is 5.97 Å². The first-order valence-corrected chi connectivity index (χ1v) is 10.7. The van der Waals surface area contributed by atoms with E-state index >= 15 is 0 Å². The largest absolute Gasteiger partial charge is 0.461 e. The van der Waals surface area contributed by atoms with Gasteiger partial charge in [-0.05, 0) is 30.6 Å². The molecule has 1 aliphatic carbocycles. The van der Waals surface area contributed by atoms with Crippen molar-refractivity contribution in [3.8, 4) is 11.4 Å². The van der Waals surface area contributed by atoms with E-state index in [4.69, 9.17) is 4.74 Å². The second-order valence-electron chi connectivity index (χ2n) is 7.87. The highest BCUT2D eigenvalue weighted by Gasteiger charge is 2.33. The normalized spacial score (nSPS) is 22.8. The summed E-state index contributed by atoms with van der Waals surface area (Å²) < 4.78 is 7.79. The quantitative estimate of drug-likeness (QED) is 0.536. The number of hydrogen-bond donors (Lipinski definition) is 0. The van der Waals surface area contributed by atoms with E-state index in [1.807, 2.05) is 41.9 Å². The molecule has 146 valence electrons. The molecule has 1 saturated carbocycles. The first-order valence-electron chi connectivity index (χ1n) is 9.72. The summed E-state index contributed by atoms with van der Waals surface area (Å²) >= 11 is 1.38. The van der Waals surface area contributed by atoms with E-state index in [9.17, 15) is 4.79 Å². The van der Waals surface area contributed by atoms with Crippen molar-refractivity contribution in [1.82, 2.24) is 14.8 Å². The van der Waals surface area contributed by atoms with Crippen LogP contribution >= 0.6 is 11.8 Å². The molecule has 0 amide bonds. The van der Waals surface area contributed by atoms with Gasteiger partial charge in [-0.3, -0.25) is 4.79 Å². The van der Waals surface area contributed by atoms with Crippen molar-refractivity contribution in [2.24, 2.45) is 24.8 Å². The van der Waals surface area contributed by atoms with Crippen LogP contribution < -0.4 is 0 Å². The summed E-state index contributed by atoms with van der Waals surface area (Å²) in [5.41, 5.74) is 1.01. The first kappa shape index (κ1) is 19.9. The number of thioether (sulfide) groups is 1. The highest BCUT2D eigenvalue weighted by atomic mass is 32.2. The Labute approximate surface area is 165 Å². The van der Waals surface area contributed by atoms with Crippen molar-refractivity contribution in [3.05, 3.63) is 30.3 Å². The minimum atomic E-state index is -0.158. The molecular formula is C21H29N3O2S. The number of benzene rings is 1. The van der Waals surface area contributed by atoms with Gasteiger partial charge in [0.2, 0.25) is 0 Å². The molecule has 1 heterocycles. The monoisotopic (exact) mass is 387 g/mol. The molecule has 2 aromatic rings. The molecular weight excluding hydrogens is 358 g/mol. The van der Waals surface area contributed by atoms with Gasteiger partial charge in [-0.25, -0.2) is 0 Å². The number of nitrogens with zero attached hydrogens (tertiary/aromatic N) is 3. The van der Waals surface area contributed by atoms with Gasteiger partial charge in [-0.1, -0.05) is 69.3 Å². The van der Waals surface area contributed by atoms with Gasteiger partial charge < -0.3 is 9.30 Å². The van der Waals surface area contributed by atoms with Gasteiger partial charge in [0.05, 0.1) is 5.75 Å². The minimum Gasteiger partial charge on any atom is -0.461 e. The van der Waals surface area contributed by atoms with Crippen LogP contribution in [-0.4, -0.2) is 32.6 Å². The van der Waals surface area contributed by atoms with Gasteiger partial charge in [-0.2, -0.15) is 0 Å². The maximum atomic E-state index is 12.4. The third-order valence-corrected chi connectivity index (χ3v) is 6.42. The fourth-order valence-electron chi connectivity index (χ4n) is 3.86. The Bertz CT molecular complexity index is 760. The average Bonchev–Trinajstić information content (AvgIpc) is 3.01. The molecule has 0 saturated heterocycles. The maximum absolute atomic E-state index is 12.4. The lowest BCUT2D eigenvalue weighted by molar-refractivity contribution is -0.152. The predicted molar refractivity (Wildman–Crippen MR) is 108 cm³/mol. The van der Waals surface area contributed by atoms with Gasteiger partial charge in [-0.15, -0.1) is 10.2 Å². The number of ether oxygens (including phenoxy) is 1. The topological polar surface area (TPSA) is 57.0 Å². The molecule has 3 atom stereocenters. The van der Waals surface area contributed by atoms with Gasteiger partial charge in [0.1, 0.15) is 6.10 Å². The van der Waals surface area contributed by atoms with Gasteiger partial charge in [0, 0.05) is 12.6 Å². The van der Waals surface area contributed by atoms with Crippen LogP contribution in [0, 0.1) is 17.8 Å². The van der Waals surface area contributed by atoms with E-state index in [-0.39, 0.29) is 17.8 Å². The molecule has 5 nitrogen and oxygen atoms in total. The Balaban J connectivity index is 1.58. The summed E-state index contributed by atoms with van der Waals surface area (Å²) in [6.45, 7) is 6.69. The van der Waals surface area contributed by atoms with Crippen LogP contribution in [0.2, 0.25) is 0 Å². The zero-order chi connectivity index (χ0) is 19.4. The molecule has 1 aromatic carbocycles. The Kier molecular flexibility index (Phi) is 6.58. The number of esters is 1. The van der Waals surface area contributed by atoms with Crippen molar-refractivity contribution < 1.29 is 9.53 Å². The van der Waals surface area contributed by atoms with E-state index in [1.54, 1.807) is 0 Å². The van der Waals surface area contributed by atoms with Crippen LogP contribution in [0.3, 0.4) is 0 Å². The van der Waals surface area contributed by atoms with Crippen LogP contribution in [0.25, 0.3) is 11.4 Å². The average molecular weight is 388 g/mol. The molecule has 1 fully saturated rings. The number of carbonyl (C=O) groups excluding carboxylic acids is 1. The number of carbonyl (C=O) groups is 1. The molecule has 1 aromatic heterocycles. The summed E-state index contributed by atoms with van der Waals surface area (Å²) in [5.74, 6) is 2.53. The Morgan fingerprint density at radius 3 is 2.70 bits per heavy atom. The molecule has 1 aliphatic rings. The van der Waals surface area contributed by atoms with Gasteiger partial charge in [0.25, 0.3) is 0 Å². The van der Waals surface area contributed by atoms with E-state index < -0.39 is 0 Å². The Morgan fingerprint density at radius 2 is 2.00 bits per heavy atom. The molecule has 27 heavy (non-hydrogen) atoms. The summed E-state index contributed by atoms with van der Waals surface area (Å²) in [5, 5.41) is 9.22. The molecule has 0 unspecified atom stereocenters. The van der Waals surface area contributed by atoms with Crippen molar-refractivity contribution in [1.29, 1.82) is 0 Å². The second-order valence-corrected chi connectivity index (χ2v) is 8.82.